The number of methoxy groups -OCH3 is 1. The third-order valence-electron chi connectivity index (χ3n) is 5.28. The summed E-state index contributed by atoms with van der Waals surface area (Å²) in [6.45, 7) is 7.74. The standard InChI is InChI=1S/C16H15ClFN3O.C11H14/c1-4-10(2)5-7-12(22-3)14-15(17)21-16(20-14)11-6-8-13(18)19-9-11;1-9-2-4-10(5-3-9)8-11-6-7-11/h4-9H,1H2,2-3H3,(H,20,21);2-5,11H,6-8H2,1H3/b10-5-,12-7+;. The number of nitrogens with zero attached hydrogens (tertiary/aromatic N) is 2. The Balaban J connectivity index is 0.000000231. The van der Waals surface area contributed by atoms with E-state index in [-0.39, 0.29) is 0 Å². The molecule has 0 unspecified atom stereocenters. The Morgan fingerprint density at radius 1 is 1.21 bits per heavy atom. The van der Waals surface area contributed by atoms with Crippen molar-refractivity contribution in [2.75, 3.05) is 7.11 Å². The number of aryl methyl sites for hydroxylation is 1. The number of pyridine rings is 1. The van der Waals surface area contributed by atoms with Gasteiger partial charge in [0.2, 0.25) is 5.95 Å². The van der Waals surface area contributed by atoms with E-state index in [1.165, 1.54) is 49.8 Å². The molecule has 2 heterocycles. The molecule has 0 radical (unpaired) electrons. The number of H-pyrrole nitrogens is 1. The van der Waals surface area contributed by atoms with Crippen molar-refractivity contribution in [3.63, 3.8) is 0 Å². The number of rotatable bonds is 7. The van der Waals surface area contributed by atoms with Gasteiger partial charge in [-0.3, -0.25) is 0 Å². The highest BCUT2D eigenvalue weighted by Gasteiger charge is 2.21. The second kappa shape index (κ2) is 11.6. The van der Waals surface area contributed by atoms with Crippen LogP contribution in [0.15, 0.2) is 73.0 Å². The largest absolute Gasteiger partial charge is 0.494 e. The second-order valence-electron chi connectivity index (χ2n) is 8.10. The molecule has 0 spiro atoms. The number of hydrogen-bond acceptors (Lipinski definition) is 3. The topological polar surface area (TPSA) is 50.8 Å². The Bertz CT molecular complexity index is 1130. The average Bonchev–Trinajstić information content (AvgIpc) is 3.56. The van der Waals surface area contributed by atoms with Crippen LogP contribution in [0.1, 0.15) is 36.6 Å². The van der Waals surface area contributed by atoms with E-state index in [0.717, 1.165) is 11.5 Å². The van der Waals surface area contributed by atoms with Crippen LogP contribution in [0, 0.1) is 18.8 Å². The van der Waals surface area contributed by atoms with Gasteiger partial charge in [0.25, 0.3) is 0 Å². The average molecular weight is 466 g/mol. The lowest BCUT2D eigenvalue weighted by Crippen LogP contribution is -1.89. The molecule has 1 saturated carbocycles. The van der Waals surface area contributed by atoms with Gasteiger partial charge in [-0.1, -0.05) is 65.7 Å². The Morgan fingerprint density at radius 2 is 1.94 bits per heavy atom. The predicted octanol–water partition coefficient (Wildman–Crippen LogP) is 7.33. The predicted molar refractivity (Wildman–Crippen MR) is 133 cm³/mol. The van der Waals surface area contributed by atoms with Gasteiger partial charge in [0.1, 0.15) is 22.4 Å². The maximum Gasteiger partial charge on any atom is 0.212 e. The third-order valence-corrected chi connectivity index (χ3v) is 5.55. The number of halogens is 2. The summed E-state index contributed by atoms with van der Waals surface area (Å²) in [6.07, 6.45) is 10.9. The van der Waals surface area contributed by atoms with Gasteiger partial charge in [0.15, 0.2) is 0 Å². The molecule has 0 amide bonds. The minimum atomic E-state index is -0.552. The van der Waals surface area contributed by atoms with E-state index in [2.05, 4.69) is 52.7 Å². The quantitative estimate of drug-likeness (QED) is 0.226. The first-order chi connectivity index (χ1) is 15.9. The van der Waals surface area contributed by atoms with Gasteiger partial charge in [-0.25, -0.2) is 9.97 Å². The highest BCUT2D eigenvalue weighted by molar-refractivity contribution is 6.31. The zero-order valence-corrected chi connectivity index (χ0v) is 20.0. The van der Waals surface area contributed by atoms with Crippen LogP contribution in [0.4, 0.5) is 4.39 Å². The van der Waals surface area contributed by atoms with E-state index in [1.54, 1.807) is 18.2 Å². The fourth-order valence-corrected chi connectivity index (χ4v) is 3.29. The van der Waals surface area contributed by atoms with Crippen LogP contribution in [0.25, 0.3) is 17.1 Å². The second-order valence-corrected chi connectivity index (χ2v) is 8.48. The van der Waals surface area contributed by atoms with E-state index < -0.39 is 5.95 Å². The Morgan fingerprint density at radius 3 is 2.52 bits per heavy atom. The summed E-state index contributed by atoms with van der Waals surface area (Å²) in [7, 11) is 1.53. The normalized spacial score (nSPS) is 13.8. The molecule has 0 saturated heterocycles. The number of aromatic amines is 1. The third kappa shape index (κ3) is 7.43. The lowest BCUT2D eigenvalue weighted by atomic mass is 10.1. The first-order valence-electron chi connectivity index (χ1n) is 10.9. The van der Waals surface area contributed by atoms with Crippen LogP contribution in [-0.4, -0.2) is 22.1 Å². The van der Waals surface area contributed by atoms with Crippen molar-refractivity contribution in [3.8, 4) is 11.4 Å². The smallest absolute Gasteiger partial charge is 0.212 e. The number of hydrogen-bond donors (Lipinski definition) is 1. The number of ether oxygens (including phenoxy) is 1. The molecule has 2 aromatic heterocycles. The van der Waals surface area contributed by atoms with Crippen LogP contribution in [0.5, 0.6) is 0 Å². The number of imidazole rings is 1. The van der Waals surface area contributed by atoms with Crippen LogP contribution in [-0.2, 0) is 11.2 Å². The van der Waals surface area contributed by atoms with Crippen molar-refractivity contribution in [2.24, 2.45) is 5.92 Å². The van der Waals surface area contributed by atoms with Crippen LogP contribution in [0.2, 0.25) is 5.15 Å². The zero-order valence-electron chi connectivity index (χ0n) is 19.2. The fourth-order valence-electron chi connectivity index (χ4n) is 3.07. The minimum Gasteiger partial charge on any atom is -0.494 e. The Hall–Kier alpha value is -3.18. The summed E-state index contributed by atoms with van der Waals surface area (Å²) >= 11 is 6.17. The van der Waals surface area contributed by atoms with Crippen molar-refractivity contribution in [1.82, 2.24) is 15.0 Å². The molecule has 3 aromatic rings. The van der Waals surface area contributed by atoms with Gasteiger partial charge in [0, 0.05) is 11.8 Å². The highest BCUT2D eigenvalue weighted by Crippen LogP contribution is 2.32. The van der Waals surface area contributed by atoms with E-state index in [9.17, 15) is 4.39 Å². The summed E-state index contributed by atoms with van der Waals surface area (Å²) in [5.41, 5.74) is 4.95. The molecular formula is C27H29ClFN3O. The van der Waals surface area contributed by atoms with Crippen molar-refractivity contribution in [1.29, 1.82) is 0 Å². The highest BCUT2D eigenvalue weighted by atomic mass is 35.5. The van der Waals surface area contributed by atoms with Crippen LogP contribution in [0.3, 0.4) is 0 Å². The first kappa shape index (κ1) is 24.5. The van der Waals surface area contributed by atoms with Gasteiger partial charge >= 0.3 is 0 Å². The summed E-state index contributed by atoms with van der Waals surface area (Å²) in [5.74, 6) is 1.45. The lowest BCUT2D eigenvalue weighted by Gasteiger charge is -2.02. The summed E-state index contributed by atoms with van der Waals surface area (Å²) < 4.78 is 18.2. The van der Waals surface area contributed by atoms with Crippen molar-refractivity contribution in [3.05, 3.63) is 101 Å². The number of allylic oxidation sites excluding steroid dienone is 4. The van der Waals surface area contributed by atoms with Gasteiger partial charge in [-0.05, 0) is 62.8 Å². The molecule has 6 heteroatoms. The summed E-state index contributed by atoms with van der Waals surface area (Å²) in [5, 5.41) is 0.331. The summed E-state index contributed by atoms with van der Waals surface area (Å²) in [4.78, 5) is 10.9. The van der Waals surface area contributed by atoms with Gasteiger partial charge in [-0.15, -0.1) is 0 Å². The summed E-state index contributed by atoms with van der Waals surface area (Å²) in [6, 6.07) is 11.8. The molecule has 1 fully saturated rings. The SMILES string of the molecule is C=C/C(C)=C\C=C(\OC)c1nc(-c2ccc(F)nc2)[nH]c1Cl.Cc1ccc(CC2CC2)cc1. The minimum absolute atomic E-state index is 0.331. The van der Waals surface area contributed by atoms with Crippen molar-refractivity contribution < 1.29 is 9.13 Å². The van der Waals surface area contributed by atoms with Crippen molar-refractivity contribution >= 4 is 17.4 Å². The van der Waals surface area contributed by atoms with E-state index in [4.69, 9.17) is 16.3 Å². The van der Waals surface area contributed by atoms with Crippen molar-refractivity contribution in [2.45, 2.75) is 33.1 Å². The molecule has 172 valence electrons. The number of nitrogens with one attached hydrogen (secondary N) is 1. The van der Waals surface area contributed by atoms with Gasteiger partial charge < -0.3 is 9.72 Å². The maximum atomic E-state index is 12.9. The zero-order chi connectivity index (χ0) is 23.8. The molecule has 1 aliphatic rings. The lowest BCUT2D eigenvalue weighted by molar-refractivity contribution is 0.368. The molecule has 4 rings (SSSR count). The van der Waals surface area contributed by atoms with E-state index >= 15 is 0 Å². The number of benzene rings is 1. The molecule has 0 atom stereocenters. The molecule has 1 N–H and O–H groups in total. The number of aromatic nitrogens is 3. The van der Waals surface area contributed by atoms with Crippen LogP contribution >= 0.6 is 11.6 Å². The Labute approximate surface area is 199 Å². The van der Waals surface area contributed by atoms with Gasteiger partial charge in [0.05, 0.1) is 7.11 Å². The fraction of sp³-hybridized carbons (Fsp3) is 0.259. The molecule has 0 bridgehead atoms. The molecule has 33 heavy (non-hydrogen) atoms. The van der Waals surface area contributed by atoms with Crippen LogP contribution < -0.4 is 0 Å². The Kier molecular flexibility index (Phi) is 8.61. The molecule has 0 aliphatic heterocycles. The first-order valence-corrected chi connectivity index (χ1v) is 11.3. The molecule has 1 aliphatic carbocycles. The molecule has 1 aromatic carbocycles. The van der Waals surface area contributed by atoms with Gasteiger partial charge in [-0.2, -0.15) is 4.39 Å². The monoisotopic (exact) mass is 465 g/mol. The van der Waals surface area contributed by atoms with E-state index in [0.29, 0.717) is 28.0 Å². The molecular weight excluding hydrogens is 437 g/mol. The molecule has 4 nitrogen and oxygen atoms in total. The maximum absolute atomic E-state index is 12.9. The van der Waals surface area contributed by atoms with E-state index in [1.807, 2.05) is 13.0 Å².